The molecule has 0 bridgehead atoms. The number of nitrogens with zero attached hydrogens (tertiary/aromatic N) is 1. The Hall–Kier alpha value is -0.120. The van der Waals surface area contributed by atoms with Crippen LogP contribution in [0.1, 0.15) is 40.5 Å². The van der Waals surface area contributed by atoms with Crippen molar-refractivity contribution < 1.29 is 4.74 Å². The Morgan fingerprint density at radius 3 is 2.62 bits per heavy atom. The molecule has 0 amide bonds. The minimum Gasteiger partial charge on any atom is -0.379 e. The molecule has 16 heavy (non-hydrogen) atoms. The second kappa shape index (κ2) is 5.99. The maximum Gasteiger partial charge on any atom is 0.0637 e. The summed E-state index contributed by atoms with van der Waals surface area (Å²) in [5, 5.41) is 3.45. The minimum atomic E-state index is -0.0150. The van der Waals surface area contributed by atoms with E-state index in [1.807, 2.05) is 0 Å². The highest BCUT2D eigenvalue weighted by atomic mass is 16.5. The second-order valence-electron chi connectivity index (χ2n) is 5.49. The van der Waals surface area contributed by atoms with Gasteiger partial charge in [0.2, 0.25) is 0 Å². The lowest BCUT2D eigenvalue weighted by atomic mass is 9.97. The van der Waals surface area contributed by atoms with Crippen LogP contribution in [0.5, 0.6) is 0 Å². The topological polar surface area (TPSA) is 24.5 Å². The molecule has 0 radical (unpaired) electrons. The Labute approximate surface area is 101 Å². The van der Waals surface area contributed by atoms with Crippen molar-refractivity contribution in [3.8, 4) is 0 Å². The van der Waals surface area contributed by atoms with Gasteiger partial charge in [0, 0.05) is 25.7 Å². The number of rotatable bonds is 6. The third-order valence-electron chi connectivity index (χ3n) is 3.77. The Balaban J connectivity index is 2.51. The summed E-state index contributed by atoms with van der Waals surface area (Å²) in [7, 11) is 1.81. The maximum absolute atomic E-state index is 5.52. The smallest absolute Gasteiger partial charge is 0.0637 e. The summed E-state index contributed by atoms with van der Waals surface area (Å²) >= 11 is 0. The van der Waals surface area contributed by atoms with Gasteiger partial charge in [0.15, 0.2) is 0 Å². The van der Waals surface area contributed by atoms with Gasteiger partial charge in [0.1, 0.15) is 0 Å². The number of nitrogens with one attached hydrogen (secondary N) is 1. The fraction of sp³-hybridized carbons (Fsp3) is 1.00. The SMILES string of the molecule is CCN(C(C)CC(C)(C)OC)C1CCNC1. The number of methoxy groups -OCH3 is 1. The van der Waals surface area contributed by atoms with Gasteiger partial charge in [-0.05, 0) is 46.7 Å². The Morgan fingerprint density at radius 2 is 2.19 bits per heavy atom. The third kappa shape index (κ3) is 3.72. The number of hydrogen-bond acceptors (Lipinski definition) is 3. The van der Waals surface area contributed by atoms with Crippen LogP contribution in [0.4, 0.5) is 0 Å². The Morgan fingerprint density at radius 1 is 1.50 bits per heavy atom. The number of likely N-dealkylation sites (N-methyl/N-ethyl adjacent to an activating group) is 1. The van der Waals surface area contributed by atoms with E-state index in [9.17, 15) is 0 Å². The summed E-state index contributed by atoms with van der Waals surface area (Å²) in [5.41, 5.74) is -0.0150. The molecule has 0 aliphatic carbocycles. The molecular weight excluding hydrogens is 200 g/mol. The molecule has 1 rings (SSSR count). The van der Waals surface area contributed by atoms with Crippen molar-refractivity contribution in [2.45, 2.75) is 58.2 Å². The van der Waals surface area contributed by atoms with Crippen molar-refractivity contribution >= 4 is 0 Å². The average molecular weight is 228 g/mol. The van der Waals surface area contributed by atoms with E-state index in [2.05, 4.69) is 37.9 Å². The van der Waals surface area contributed by atoms with Gasteiger partial charge >= 0.3 is 0 Å². The van der Waals surface area contributed by atoms with E-state index < -0.39 is 0 Å². The molecule has 1 N–H and O–H groups in total. The fourth-order valence-corrected chi connectivity index (χ4v) is 2.76. The molecule has 96 valence electrons. The van der Waals surface area contributed by atoms with Gasteiger partial charge < -0.3 is 10.1 Å². The summed E-state index contributed by atoms with van der Waals surface area (Å²) in [4.78, 5) is 2.61. The first-order valence-electron chi connectivity index (χ1n) is 6.51. The summed E-state index contributed by atoms with van der Waals surface area (Å²) in [6.07, 6.45) is 2.37. The lowest BCUT2D eigenvalue weighted by Crippen LogP contribution is -2.45. The normalized spacial score (nSPS) is 24.0. The van der Waals surface area contributed by atoms with E-state index in [0.29, 0.717) is 12.1 Å². The van der Waals surface area contributed by atoms with Gasteiger partial charge in [0.05, 0.1) is 5.60 Å². The van der Waals surface area contributed by atoms with Crippen LogP contribution in [0.15, 0.2) is 0 Å². The number of hydrogen-bond donors (Lipinski definition) is 1. The van der Waals surface area contributed by atoms with Crippen LogP contribution in [0.25, 0.3) is 0 Å². The largest absolute Gasteiger partial charge is 0.379 e. The predicted molar refractivity (Wildman–Crippen MR) is 68.8 cm³/mol. The zero-order valence-corrected chi connectivity index (χ0v) is 11.5. The van der Waals surface area contributed by atoms with Crippen molar-refractivity contribution in [1.29, 1.82) is 0 Å². The molecule has 1 heterocycles. The van der Waals surface area contributed by atoms with Crippen LogP contribution in [-0.2, 0) is 4.74 Å². The monoisotopic (exact) mass is 228 g/mol. The van der Waals surface area contributed by atoms with E-state index >= 15 is 0 Å². The highest BCUT2D eigenvalue weighted by Gasteiger charge is 2.29. The van der Waals surface area contributed by atoms with Crippen molar-refractivity contribution in [2.75, 3.05) is 26.7 Å². The van der Waals surface area contributed by atoms with Crippen molar-refractivity contribution in [1.82, 2.24) is 10.2 Å². The van der Waals surface area contributed by atoms with Gasteiger partial charge in [0.25, 0.3) is 0 Å². The summed E-state index contributed by atoms with van der Waals surface area (Å²) in [6.45, 7) is 12.4. The molecule has 0 aromatic rings. The van der Waals surface area contributed by atoms with Crippen molar-refractivity contribution in [3.63, 3.8) is 0 Å². The average Bonchev–Trinajstić information content (AvgIpc) is 2.71. The molecule has 3 nitrogen and oxygen atoms in total. The summed E-state index contributed by atoms with van der Waals surface area (Å²) in [6, 6.07) is 1.30. The van der Waals surface area contributed by atoms with Crippen molar-refractivity contribution in [2.24, 2.45) is 0 Å². The molecule has 1 aliphatic rings. The number of ether oxygens (including phenoxy) is 1. The predicted octanol–water partition coefficient (Wildman–Crippen LogP) is 1.87. The lowest BCUT2D eigenvalue weighted by molar-refractivity contribution is -0.0104. The molecule has 0 aromatic heterocycles. The van der Waals surface area contributed by atoms with Gasteiger partial charge in [-0.1, -0.05) is 6.92 Å². The second-order valence-corrected chi connectivity index (χ2v) is 5.49. The molecular formula is C13H28N2O. The highest BCUT2D eigenvalue weighted by Crippen LogP contribution is 2.21. The molecule has 2 unspecified atom stereocenters. The highest BCUT2D eigenvalue weighted by molar-refractivity contribution is 4.85. The zero-order valence-electron chi connectivity index (χ0n) is 11.5. The first-order chi connectivity index (χ1) is 7.50. The molecule has 0 spiro atoms. The molecule has 3 heteroatoms. The van der Waals surface area contributed by atoms with E-state index in [1.54, 1.807) is 7.11 Å². The molecule has 0 aromatic carbocycles. The molecule has 1 aliphatic heterocycles. The third-order valence-corrected chi connectivity index (χ3v) is 3.77. The molecule has 0 saturated carbocycles. The Kier molecular flexibility index (Phi) is 5.22. The first-order valence-corrected chi connectivity index (χ1v) is 6.51. The molecule has 2 atom stereocenters. The minimum absolute atomic E-state index is 0.0150. The summed E-state index contributed by atoms with van der Waals surface area (Å²) < 4.78 is 5.52. The van der Waals surface area contributed by atoms with Gasteiger partial charge in [-0.25, -0.2) is 0 Å². The van der Waals surface area contributed by atoms with Crippen LogP contribution in [0.2, 0.25) is 0 Å². The van der Waals surface area contributed by atoms with Crippen LogP contribution in [0, 0.1) is 0 Å². The zero-order chi connectivity index (χ0) is 12.2. The quantitative estimate of drug-likeness (QED) is 0.751. The van der Waals surface area contributed by atoms with Gasteiger partial charge in [-0.2, -0.15) is 0 Å². The fourth-order valence-electron chi connectivity index (χ4n) is 2.76. The summed E-state index contributed by atoms with van der Waals surface area (Å²) in [5.74, 6) is 0. The van der Waals surface area contributed by atoms with Gasteiger partial charge in [-0.15, -0.1) is 0 Å². The van der Waals surface area contributed by atoms with E-state index in [-0.39, 0.29) is 5.60 Å². The van der Waals surface area contributed by atoms with E-state index in [1.165, 1.54) is 13.0 Å². The Bertz CT molecular complexity index is 200. The molecule has 1 saturated heterocycles. The van der Waals surface area contributed by atoms with Crippen LogP contribution in [0.3, 0.4) is 0 Å². The standard InChI is InChI=1S/C13H28N2O/c1-6-15(12-7-8-14-10-12)11(2)9-13(3,4)16-5/h11-12,14H,6-10H2,1-5H3. The van der Waals surface area contributed by atoms with Crippen molar-refractivity contribution in [3.05, 3.63) is 0 Å². The van der Waals surface area contributed by atoms with Gasteiger partial charge in [-0.3, -0.25) is 4.90 Å². The van der Waals surface area contributed by atoms with E-state index in [0.717, 1.165) is 19.5 Å². The first kappa shape index (κ1) is 13.9. The van der Waals surface area contributed by atoms with Crippen LogP contribution >= 0.6 is 0 Å². The van der Waals surface area contributed by atoms with E-state index in [4.69, 9.17) is 4.74 Å². The van der Waals surface area contributed by atoms with Crippen LogP contribution in [-0.4, -0.2) is 49.3 Å². The lowest BCUT2D eigenvalue weighted by Gasteiger charge is -2.37. The van der Waals surface area contributed by atoms with Crippen LogP contribution < -0.4 is 5.32 Å². The molecule has 1 fully saturated rings. The maximum atomic E-state index is 5.52.